The highest BCUT2D eigenvalue weighted by Crippen LogP contribution is 2.35. The summed E-state index contributed by atoms with van der Waals surface area (Å²) in [6, 6.07) is 26.0. The van der Waals surface area contributed by atoms with Crippen LogP contribution in [0, 0.1) is 0 Å². The maximum absolute atomic E-state index is 2.32. The van der Waals surface area contributed by atoms with Crippen molar-refractivity contribution in [2.75, 3.05) is 0 Å². The van der Waals surface area contributed by atoms with Gasteiger partial charge in [0.15, 0.2) is 7.28 Å². The summed E-state index contributed by atoms with van der Waals surface area (Å²) in [7, 11) is 2.24. The first-order valence-corrected chi connectivity index (χ1v) is 7.01. The molecule has 109 valence electrons. The van der Waals surface area contributed by atoms with Crippen LogP contribution in [-0.4, -0.2) is 18.2 Å². The van der Waals surface area contributed by atoms with E-state index in [1.54, 1.807) is 0 Å². The van der Waals surface area contributed by atoms with Gasteiger partial charge in [-0.15, -0.1) is 0 Å². The van der Waals surface area contributed by atoms with Gasteiger partial charge in [-0.2, -0.15) is 0 Å². The minimum absolute atomic E-state index is 0. The van der Waals surface area contributed by atoms with Crippen molar-refractivity contribution in [2.45, 2.75) is 6.42 Å². The molecule has 0 heterocycles. The summed E-state index contributed by atoms with van der Waals surface area (Å²) in [5.74, 6) is 0. The van der Waals surface area contributed by atoms with E-state index in [0.29, 0.717) is 0 Å². The van der Waals surface area contributed by atoms with Crippen LogP contribution < -0.4 is 10.9 Å². The molecular weight excluding hydrogens is 271 g/mol. The molecule has 22 heavy (non-hydrogen) atoms. The third-order valence-corrected chi connectivity index (χ3v) is 3.95. The Hall–Kier alpha value is -2.36. The van der Waals surface area contributed by atoms with E-state index >= 15 is 0 Å². The fraction of sp³-hybridized carbons (Fsp3) is 0.0526. The molecule has 2 nitrogen and oxygen atoms in total. The van der Waals surface area contributed by atoms with Crippen molar-refractivity contribution < 1.29 is 11.0 Å². The Labute approximate surface area is 131 Å². The van der Waals surface area contributed by atoms with E-state index in [-0.39, 0.29) is 11.0 Å². The Kier molecular flexibility index (Phi) is 4.81. The SMILES string of the molecule is O.O.[B](c1ccccc1)c1ccc2c(c1)Cc1ccccc1-2. The van der Waals surface area contributed by atoms with Crippen LogP contribution in [0.3, 0.4) is 0 Å². The number of fused-ring (bicyclic) bond motifs is 3. The van der Waals surface area contributed by atoms with E-state index in [1.165, 1.54) is 33.2 Å². The summed E-state index contributed by atoms with van der Waals surface area (Å²) in [5, 5.41) is 0. The van der Waals surface area contributed by atoms with Gasteiger partial charge in [0.05, 0.1) is 0 Å². The summed E-state index contributed by atoms with van der Waals surface area (Å²) < 4.78 is 0. The van der Waals surface area contributed by atoms with Crippen LogP contribution in [0.5, 0.6) is 0 Å². The molecule has 3 aromatic carbocycles. The van der Waals surface area contributed by atoms with Crippen LogP contribution in [0.15, 0.2) is 72.8 Å². The minimum atomic E-state index is 0. The largest absolute Gasteiger partial charge is 0.412 e. The normalized spacial score (nSPS) is 10.7. The molecule has 4 rings (SSSR count). The smallest absolute Gasteiger partial charge is 0.191 e. The monoisotopic (exact) mass is 289 g/mol. The van der Waals surface area contributed by atoms with Crippen LogP contribution in [0.1, 0.15) is 11.1 Å². The topological polar surface area (TPSA) is 63.0 Å². The fourth-order valence-corrected chi connectivity index (χ4v) is 3.00. The highest BCUT2D eigenvalue weighted by atomic mass is 16.0. The van der Waals surface area contributed by atoms with Crippen molar-refractivity contribution in [3.05, 3.63) is 83.9 Å². The molecule has 0 saturated heterocycles. The van der Waals surface area contributed by atoms with E-state index < -0.39 is 0 Å². The van der Waals surface area contributed by atoms with Crippen LogP contribution in [0.25, 0.3) is 11.1 Å². The highest BCUT2D eigenvalue weighted by molar-refractivity contribution is 6.67. The molecule has 3 heteroatoms. The Morgan fingerprint density at radius 3 is 2.09 bits per heavy atom. The van der Waals surface area contributed by atoms with E-state index in [9.17, 15) is 0 Å². The number of hydrogen-bond acceptors (Lipinski definition) is 0. The van der Waals surface area contributed by atoms with Gasteiger partial charge >= 0.3 is 0 Å². The van der Waals surface area contributed by atoms with Crippen LogP contribution in [0.4, 0.5) is 0 Å². The second-order valence-corrected chi connectivity index (χ2v) is 5.31. The molecule has 0 aliphatic heterocycles. The summed E-state index contributed by atoms with van der Waals surface area (Å²) in [5.41, 5.74) is 8.21. The number of benzene rings is 3. The standard InChI is InChI=1S/C19H14B.2H2O/c1-2-7-16(8-3-1)20-17-10-11-19-15(13-17)12-14-6-4-5-9-18(14)19;;/h1-11,13H,12H2;2*1H2. The molecule has 0 aromatic heterocycles. The quantitative estimate of drug-likeness (QED) is 0.499. The number of rotatable bonds is 2. The molecule has 0 unspecified atom stereocenters. The third kappa shape index (κ3) is 2.82. The Bertz CT molecular complexity index is 769. The first kappa shape index (κ1) is 16.0. The van der Waals surface area contributed by atoms with Gasteiger partial charge in [-0.3, -0.25) is 0 Å². The molecule has 1 radical (unpaired) electrons. The average Bonchev–Trinajstić information content (AvgIpc) is 2.86. The summed E-state index contributed by atoms with van der Waals surface area (Å²) in [6.07, 6.45) is 1.06. The minimum Gasteiger partial charge on any atom is -0.412 e. The van der Waals surface area contributed by atoms with Crippen molar-refractivity contribution in [1.82, 2.24) is 0 Å². The predicted octanol–water partition coefficient (Wildman–Crippen LogP) is 1.26. The molecule has 1 aliphatic carbocycles. The highest BCUT2D eigenvalue weighted by Gasteiger charge is 2.17. The van der Waals surface area contributed by atoms with Crippen molar-refractivity contribution in [3.8, 4) is 11.1 Å². The lowest BCUT2D eigenvalue weighted by molar-refractivity contribution is 0.823. The zero-order valence-electron chi connectivity index (χ0n) is 12.2. The molecule has 0 atom stereocenters. The van der Waals surface area contributed by atoms with Gasteiger partial charge in [0, 0.05) is 0 Å². The van der Waals surface area contributed by atoms with Gasteiger partial charge < -0.3 is 11.0 Å². The van der Waals surface area contributed by atoms with Crippen molar-refractivity contribution in [3.63, 3.8) is 0 Å². The molecule has 0 spiro atoms. The van der Waals surface area contributed by atoms with Crippen LogP contribution in [-0.2, 0) is 6.42 Å². The Morgan fingerprint density at radius 1 is 0.591 bits per heavy atom. The molecule has 0 saturated carbocycles. The second-order valence-electron chi connectivity index (χ2n) is 5.31. The van der Waals surface area contributed by atoms with Gasteiger partial charge in [0.1, 0.15) is 0 Å². The third-order valence-electron chi connectivity index (χ3n) is 3.95. The summed E-state index contributed by atoms with van der Waals surface area (Å²) in [4.78, 5) is 0. The Morgan fingerprint density at radius 2 is 1.27 bits per heavy atom. The van der Waals surface area contributed by atoms with Crippen LogP contribution in [0.2, 0.25) is 0 Å². The molecule has 0 bridgehead atoms. The van der Waals surface area contributed by atoms with Gasteiger partial charge in [-0.1, -0.05) is 83.7 Å². The van der Waals surface area contributed by atoms with E-state index in [1.807, 2.05) is 0 Å². The number of hydrogen-bond donors (Lipinski definition) is 0. The lowest BCUT2D eigenvalue weighted by Crippen LogP contribution is -2.26. The average molecular weight is 289 g/mol. The Balaban J connectivity index is 0.000000882. The summed E-state index contributed by atoms with van der Waals surface area (Å²) in [6.45, 7) is 0. The van der Waals surface area contributed by atoms with Gasteiger partial charge in [-0.05, 0) is 28.7 Å². The summed E-state index contributed by atoms with van der Waals surface area (Å²) >= 11 is 0. The zero-order chi connectivity index (χ0) is 13.4. The predicted molar refractivity (Wildman–Crippen MR) is 93.4 cm³/mol. The molecule has 3 aromatic rings. The lowest BCUT2D eigenvalue weighted by atomic mass is 9.63. The molecule has 0 amide bonds. The second kappa shape index (κ2) is 6.61. The van der Waals surface area contributed by atoms with E-state index in [2.05, 4.69) is 80.1 Å². The van der Waals surface area contributed by atoms with Crippen molar-refractivity contribution >= 4 is 18.2 Å². The molecule has 0 fully saturated rings. The van der Waals surface area contributed by atoms with Gasteiger partial charge in [-0.25, -0.2) is 0 Å². The van der Waals surface area contributed by atoms with Crippen LogP contribution >= 0.6 is 0 Å². The van der Waals surface area contributed by atoms with Gasteiger partial charge in [0.2, 0.25) is 0 Å². The first-order chi connectivity index (χ1) is 9.90. The molecule has 4 N–H and O–H groups in total. The van der Waals surface area contributed by atoms with E-state index in [0.717, 1.165) is 6.42 Å². The van der Waals surface area contributed by atoms with Crippen molar-refractivity contribution in [2.24, 2.45) is 0 Å². The van der Waals surface area contributed by atoms with Crippen molar-refractivity contribution in [1.29, 1.82) is 0 Å². The first-order valence-electron chi connectivity index (χ1n) is 7.01. The zero-order valence-corrected chi connectivity index (χ0v) is 12.2. The molecule has 1 aliphatic rings. The maximum atomic E-state index is 2.32. The molecular formula is C19H18BO2. The van der Waals surface area contributed by atoms with Gasteiger partial charge in [0.25, 0.3) is 0 Å². The fourth-order valence-electron chi connectivity index (χ4n) is 3.00. The van der Waals surface area contributed by atoms with E-state index in [4.69, 9.17) is 0 Å². The lowest BCUT2D eigenvalue weighted by Gasteiger charge is -2.05. The maximum Gasteiger partial charge on any atom is 0.191 e.